The number of furan rings is 2. The molecule has 0 saturated carbocycles. The fourth-order valence-corrected chi connectivity index (χ4v) is 11.3. The van der Waals surface area contributed by atoms with Gasteiger partial charge in [0, 0.05) is 50.1 Å². The van der Waals surface area contributed by atoms with Crippen molar-refractivity contribution in [1.29, 1.82) is 0 Å². The second kappa shape index (κ2) is 13.3. The second-order valence-corrected chi connectivity index (χ2v) is 17.1. The summed E-state index contributed by atoms with van der Waals surface area (Å²) in [5.41, 5.74) is 20.9. The lowest BCUT2D eigenvalue weighted by molar-refractivity contribution is 0.664. The molecule has 1 spiro atoms. The Kier molecular flexibility index (Phi) is 7.32. The van der Waals surface area contributed by atoms with Gasteiger partial charge in [0.25, 0.3) is 0 Å². The van der Waals surface area contributed by atoms with E-state index < -0.39 is 5.41 Å². The molecule has 0 radical (unpaired) electrons. The maximum Gasteiger partial charge on any atom is 0.144 e. The Morgan fingerprint density at radius 3 is 1.58 bits per heavy atom. The molecule has 2 aliphatic rings. The monoisotopic (exact) mass is 815 g/mol. The Hall–Kier alpha value is -8.40. The predicted octanol–water partition coefficient (Wildman–Crippen LogP) is 16.6. The molecule has 12 aromatic rings. The van der Waals surface area contributed by atoms with Gasteiger partial charge in [-0.1, -0.05) is 176 Å². The lowest BCUT2D eigenvalue weighted by Crippen LogP contribution is -2.26. The molecule has 2 aliphatic carbocycles. The Morgan fingerprint density at radius 1 is 0.328 bits per heavy atom. The minimum absolute atomic E-state index is 0.475. The average Bonchev–Trinajstić information content (AvgIpc) is 4.09. The van der Waals surface area contributed by atoms with Crippen molar-refractivity contribution in [1.82, 2.24) is 0 Å². The summed E-state index contributed by atoms with van der Waals surface area (Å²) in [5.74, 6) is 0. The van der Waals surface area contributed by atoms with Crippen LogP contribution in [0.4, 0.5) is 17.1 Å². The molecule has 0 atom stereocenters. The van der Waals surface area contributed by atoms with Crippen LogP contribution < -0.4 is 4.90 Å². The lowest BCUT2D eigenvalue weighted by atomic mass is 9.70. The number of nitrogens with zero attached hydrogens (tertiary/aromatic N) is 1. The summed E-state index contributed by atoms with van der Waals surface area (Å²) in [6.45, 7) is 0. The largest absolute Gasteiger partial charge is 0.456 e. The highest BCUT2D eigenvalue weighted by Crippen LogP contribution is 2.63. The van der Waals surface area contributed by atoms with Crippen LogP contribution in [0.2, 0.25) is 0 Å². The molecule has 2 heterocycles. The van der Waals surface area contributed by atoms with Gasteiger partial charge in [-0.15, -0.1) is 0 Å². The molecule has 2 aromatic heterocycles. The highest BCUT2D eigenvalue weighted by molar-refractivity contribution is 6.23. The SMILES string of the molecule is c1ccc(-c2ccccc2N(c2ccc3c(c2)C2(c4ccccc4-c4ccccc42)c2ccccc2-3)c2ccc3c(c2)oc2c(-c4ccccc4)c4c(cc23)oc2ccccc24)cc1. The minimum Gasteiger partial charge on any atom is -0.456 e. The Labute approximate surface area is 369 Å². The van der Waals surface area contributed by atoms with Crippen LogP contribution in [-0.2, 0) is 5.41 Å². The van der Waals surface area contributed by atoms with E-state index in [0.29, 0.717) is 0 Å². The molecule has 14 rings (SSSR count). The number of rotatable bonds is 5. The molecule has 0 saturated heterocycles. The Balaban J connectivity index is 1.04. The van der Waals surface area contributed by atoms with E-state index in [1.54, 1.807) is 0 Å². The summed E-state index contributed by atoms with van der Waals surface area (Å²) in [5, 5.41) is 4.21. The Bertz CT molecular complexity index is 3790. The topological polar surface area (TPSA) is 29.5 Å². The highest BCUT2D eigenvalue weighted by atomic mass is 16.3. The summed E-state index contributed by atoms with van der Waals surface area (Å²) in [4.78, 5) is 2.43. The van der Waals surface area contributed by atoms with Gasteiger partial charge in [-0.25, -0.2) is 0 Å². The van der Waals surface area contributed by atoms with Crippen LogP contribution in [0.3, 0.4) is 0 Å². The van der Waals surface area contributed by atoms with Gasteiger partial charge in [-0.05, 0) is 98.1 Å². The molecule has 0 fully saturated rings. The van der Waals surface area contributed by atoms with Crippen LogP contribution in [0, 0.1) is 0 Å². The quantitative estimate of drug-likeness (QED) is 0.173. The first-order chi connectivity index (χ1) is 31.8. The van der Waals surface area contributed by atoms with Crippen molar-refractivity contribution >= 4 is 60.9 Å². The molecule has 3 nitrogen and oxygen atoms in total. The smallest absolute Gasteiger partial charge is 0.144 e. The Morgan fingerprint density at radius 2 is 0.875 bits per heavy atom. The number of hydrogen-bond acceptors (Lipinski definition) is 3. The molecule has 10 aromatic carbocycles. The van der Waals surface area contributed by atoms with E-state index in [1.165, 1.54) is 44.5 Å². The molecular formula is C61H37NO2. The number of hydrogen-bond donors (Lipinski definition) is 0. The first kappa shape index (κ1) is 35.2. The van der Waals surface area contributed by atoms with Gasteiger partial charge in [0.15, 0.2) is 0 Å². The third-order valence-corrected chi connectivity index (χ3v) is 13.9. The zero-order chi connectivity index (χ0) is 41.9. The molecule has 0 unspecified atom stereocenters. The van der Waals surface area contributed by atoms with Gasteiger partial charge in [0.05, 0.1) is 11.1 Å². The molecule has 0 bridgehead atoms. The van der Waals surface area contributed by atoms with Crippen LogP contribution in [-0.4, -0.2) is 0 Å². The van der Waals surface area contributed by atoms with E-state index >= 15 is 0 Å². The zero-order valence-corrected chi connectivity index (χ0v) is 34.6. The highest BCUT2D eigenvalue weighted by Gasteiger charge is 2.51. The standard InChI is InChI=1S/C61H37NO2/c1-3-17-38(18-4-1)42-21-10-15-29-54(42)62(40-31-33-46-45-24-9-14-28-52(45)61(53(46)35-40)50-26-12-7-22-43(50)44-23-8-13-27-51(44)61)41-32-34-47-49-37-57-59(48-25-11-16-30-55(48)63-57)58(39-19-5-2-6-20-39)60(49)64-56(47)36-41/h1-37H. The third-order valence-electron chi connectivity index (χ3n) is 13.9. The normalized spacial score (nSPS) is 13.1. The first-order valence-electron chi connectivity index (χ1n) is 22.0. The van der Waals surface area contributed by atoms with Crippen molar-refractivity contribution in [3.05, 3.63) is 247 Å². The first-order valence-corrected chi connectivity index (χ1v) is 22.0. The van der Waals surface area contributed by atoms with Gasteiger partial charge >= 0.3 is 0 Å². The lowest BCUT2D eigenvalue weighted by Gasteiger charge is -2.32. The van der Waals surface area contributed by atoms with Crippen LogP contribution in [0.1, 0.15) is 22.3 Å². The van der Waals surface area contributed by atoms with Crippen molar-refractivity contribution in [2.75, 3.05) is 4.90 Å². The number of fused-ring (bicyclic) bond motifs is 16. The number of para-hydroxylation sites is 2. The number of benzene rings is 10. The average molecular weight is 816 g/mol. The van der Waals surface area contributed by atoms with E-state index in [0.717, 1.165) is 83.2 Å². The molecule has 3 heteroatoms. The van der Waals surface area contributed by atoms with Crippen molar-refractivity contribution in [3.63, 3.8) is 0 Å². The molecule has 0 aliphatic heterocycles. The van der Waals surface area contributed by atoms with Gasteiger partial charge in [-0.2, -0.15) is 0 Å². The molecule has 0 amide bonds. The molecule has 0 N–H and O–H groups in total. The van der Waals surface area contributed by atoms with Crippen LogP contribution >= 0.6 is 0 Å². The van der Waals surface area contributed by atoms with E-state index in [1.807, 2.05) is 12.1 Å². The summed E-state index contributed by atoms with van der Waals surface area (Å²) in [6, 6.07) is 81.4. The summed E-state index contributed by atoms with van der Waals surface area (Å²) >= 11 is 0. The fourth-order valence-electron chi connectivity index (χ4n) is 11.3. The van der Waals surface area contributed by atoms with Gasteiger partial charge in [0.2, 0.25) is 0 Å². The van der Waals surface area contributed by atoms with E-state index in [2.05, 4.69) is 217 Å². The fraction of sp³-hybridized carbons (Fsp3) is 0.0164. The maximum absolute atomic E-state index is 7.14. The van der Waals surface area contributed by atoms with Crippen LogP contribution in [0.25, 0.3) is 88.4 Å². The van der Waals surface area contributed by atoms with E-state index in [-0.39, 0.29) is 0 Å². The van der Waals surface area contributed by atoms with Gasteiger partial charge in [-0.3, -0.25) is 0 Å². The van der Waals surface area contributed by atoms with Crippen molar-refractivity contribution in [2.45, 2.75) is 5.41 Å². The summed E-state index contributed by atoms with van der Waals surface area (Å²) in [6.07, 6.45) is 0. The van der Waals surface area contributed by atoms with E-state index in [4.69, 9.17) is 8.83 Å². The number of anilines is 3. The van der Waals surface area contributed by atoms with Gasteiger partial charge in [0.1, 0.15) is 22.3 Å². The zero-order valence-electron chi connectivity index (χ0n) is 34.6. The van der Waals surface area contributed by atoms with E-state index in [9.17, 15) is 0 Å². The molecule has 64 heavy (non-hydrogen) atoms. The second-order valence-electron chi connectivity index (χ2n) is 17.1. The van der Waals surface area contributed by atoms with Crippen molar-refractivity contribution in [2.24, 2.45) is 0 Å². The van der Waals surface area contributed by atoms with Crippen LogP contribution in [0.15, 0.2) is 233 Å². The predicted molar refractivity (Wildman–Crippen MR) is 263 cm³/mol. The maximum atomic E-state index is 7.14. The van der Waals surface area contributed by atoms with Gasteiger partial charge < -0.3 is 13.7 Å². The molecule has 298 valence electrons. The molecular weight excluding hydrogens is 779 g/mol. The third kappa shape index (κ3) is 4.76. The van der Waals surface area contributed by atoms with Crippen molar-refractivity contribution in [3.8, 4) is 44.5 Å². The summed E-state index contributed by atoms with van der Waals surface area (Å²) in [7, 11) is 0. The van der Waals surface area contributed by atoms with Crippen molar-refractivity contribution < 1.29 is 8.83 Å². The summed E-state index contributed by atoms with van der Waals surface area (Å²) < 4.78 is 13.7. The minimum atomic E-state index is -0.475. The van der Waals surface area contributed by atoms with Crippen LogP contribution in [0.5, 0.6) is 0 Å².